The Morgan fingerprint density at radius 1 is 1.26 bits per heavy atom. The molecule has 0 saturated heterocycles. The normalized spacial score (nSPS) is 12.2. The number of hydrogen-bond donors (Lipinski definition) is 1. The Morgan fingerprint density at radius 3 is 2.68 bits per heavy atom. The van der Waals surface area contributed by atoms with Crippen molar-refractivity contribution in [3.63, 3.8) is 0 Å². The van der Waals surface area contributed by atoms with Crippen LogP contribution >= 0.6 is 11.6 Å². The van der Waals surface area contributed by atoms with E-state index >= 15 is 0 Å². The largest absolute Gasteiger partial charge is 0.497 e. The highest BCUT2D eigenvalue weighted by Crippen LogP contribution is 2.24. The second-order valence-corrected chi connectivity index (χ2v) is 4.38. The number of methoxy groups -OCH3 is 1. The molecule has 4 nitrogen and oxygen atoms in total. The predicted molar refractivity (Wildman–Crippen MR) is 72.0 cm³/mol. The molecule has 2 rings (SSSR count). The summed E-state index contributed by atoms with van der Waals surface area (Å²) in [6.45, 7) is 0.224. The molecule has 0 aliphatic rings. The lowest BCUT2D eigenvalue weighted by Crippen LogP contribution is -2.13. The number of halogens is 1. The van der Waals surface area contributed by atoms with Gasteiger partial charge in [-0.2, -0.15) is 0 Å². The lowest BCUT2D eigenvalue weighted by Gasteiger charge is -2.13. The van der Waals surface area contributed by atoms with Crippen molar-refractivity contribution >= 4 is 11.6 Å². The van der Waals surface area contributed by atoms with E-state index in [9.17, 15) is 5.11 Å². The Labute approximate surface area is 116 Å². The number of benzene rings is 1. The Morgan fingerprint density at radius 2 is 2.05 bits per heavy atom. The van der Waals surface area contributed by atoms with Crippen LogP contribution in [0.25, 0.3) is 0 Å². The van der Waals surface area contributed by atoms with Crippen molar-refractivity contribution in [2.45, 2.75) is 5.92 Å². The van der Waals surface area contributed by atoms with Gasteiger partial charge in [0.25, 0.3) is 0 Å². The molecule has 5 heteroatoms. The molecule has 0 saturated carbocycles. The van der Waals surface area contributed by atoms with Gasteiger partial charge in [0, 0.05) is 6.07 Å². The molecule has 1 atom stereocenters. The predicted octanol–water partition coefficient (Wildman–Crippen LogP) is 3.10. The van der Waals surface area contributed by atoms with E-state index in [1.165, 1.54) is 0 Å². The maximum atomic E-state index is 9.36. The van der Waals surface area contributed by atoms with Crippen LogP contribution in [0.4, 0.5) is 0 Å². The van der Waals surface area contributed by atoms with Gasteiger partial charge in [-0.05, 0) is 35.9 Å². The SMILES string of the molecule is COc1cccc(OCC(CO)c2ccc(Cl)o2)c1. The summed E-state index contributed by atoms with van der Waals surface area (Å²) in [6, 6.07) is 10.7. The highest BCUT2D eigenvalue weighted by Gasteiger charge is 2.15. The van der Waals surface area contributed by atoms with Crippen molar-refractivity contribution < 1.29 is 19.0 Å². The van der Waals surface area contributed by atoms with Gasteiger partial charge in [-0.3, -0.25) is 0 Å². The first-order chi connectivity index (χ1) is 9.22. The smallest absolute Gasteiger partial charge is 0.193 e. The number of rotatable bonds is 6. The van der Waals surface area contributed by atoms with E-state index in [0.717, 1.165) is 5.75 Å². The summed E-state index contributed by atoms with van der Waals surface area (Å²) in [4.78, 5) is 0. The molecular formula is C14H15ClO4. The Hall–Kier alpha value is -1.65. The van der Waals surface area contributed by atoms with Crippen LogP contribution in [0.15, 0.2) is 40.8 Å². The van der Waals surface area contributed by atoms with Crippen molar-refractivity contribution in [1.29, 1.82) is 0 Å². The molecule has 1 aromatic carbocycles. The lowest BCUT2D eigenvalue weighted by atomic mass is 10.1. The number of ether oxygens (including phenoxy) is 2. The van der Waals surface area contributed by atoms with Gasteiger partial charge < -0.3 is 19.0 Å². The Kier molecular flexibility index (Phi) is 4.71. The third kappa shape index (κ3) is 3.66. The van der Waals surface area contributed by atoms with Gasteiger partial charge in [-0.25, -0.2) is 0 Å². The topological polar surface area (TPSA) is 51.8 Å². The fourth-order valence-electron chi connectivity index (χ4n) is 1.66. The number of aliphatic hydroxyl groups is 1. The third-order valence-corrected chi connectivity index (χ3v) is 2.91. The fraction of sp³-hybridized carbons (Fsp3) is 0.286. The molecule has 2 aromatic rings. The average molecular weight is 283 g/mol. The monoisotopic (exact) mass is 282 g/mol. The molecule has 0 radical (unpaired) electrons. The molecule has 1 N–H and O–H groups in total. The first kappa shape index (κ1) is 13.8. The zero-order valence-electron chi connectivity index (χ0n) is 10.5. The minimum atomic E-state index is -0.251. The molecule has 0 amide bonds. The van der Waals surface area contributed by atoms with Gasteiger partial charge >= 0.3 is 0 Å². The Bertz CT molecular complexity index is 524. The molecular weight excluding hydrogens is 268 g/mol. The molecule has 1 unspecified atom stereocenters. The quantitative estimate of drug-likeness (QED) is 0.884. The second-order valence-electron chi connectivity index (χ2n) is 4.01. The van der Waals surface area contributed by atoms with Crippen molar-refractivity contribution in [1.82, 2.24) is 0 Å². The van der Waals surface area contributed by atoms with Crippen molar-refractivity contribution in [3.05, 3.63) is 47.4 Å². The maximum Gasteiger partial charge on any atom is 0.193 e. The summed E-state index contributed by atoms with van der Waals surface area (Å²) >= 11 is 5.71. The maximum absolute atomic E-state index is 9.36. The van der Waals surface area contributed by atoms with Crippen molar-refractivity contribution in [3.8, 4) is 11.5 Å². The van der Waals surface area contributed by atoms with Crippen LogP contribution in [-0.2, 0) is 0 Å². The van der Waals surface area contributed by atoms with E-state index in [4.69, 9.17) is 25.5 Å². The van der Waals surface area contributed by atoms with Crippen LogP contribution in [0.2, 0.25) is 5.22 Å². The molecule has 19 heavy (non-hydrogen) atoms. The lowest BCUT2D eigenvalue weighted by molar-refractivity contribution is 0.190. The molecule has 102 valence electrons. The highest BCUT2D eigenvalue weighted by molar-refractivity contribution is 6.28. The Balaban J connectivity index is 1.99. The molecule has 0 bridgehead atoms. The molecule has 0 fully saturated rings. The van der Waals surface area contributed by atoms with E-state index in [1.54, 1.807) is 25.3 Å². The minimum Gasteiger partial charge on any atom is -0.497 e. The van der Waals surface area contributed by atoms with Gasteiger partial charge in [0.05, 0.1) is 19.6 Å². The van der Waals surface area contributed by atoms with Gasteiger partial charge in [0.2, 0.25) is 0 Å². The summed E-state index contributed by atoms with van der Waals surface area (Å²) in [6.07, 6.45) is 0. The van der Waals surface area contributed by atoms with E-state index in [0.29, 0.717) is 23.3 Å². The van der Waals surface area contributed by atoms with E-state index in [1.807, 2.05) is 18.2 Å². The van der Waals surface area contributed by atoms with Crippen LogP contribution in [0, 0.1) is 0 Å². The molecule has 0 spiro atoms. The highest BCUT2D eigenvalue weighted by atomic mass is 35.5. The summed E-state index contributed by atoms with van der Waals surface area (Å²) < 4.78 is 16.0. The first-order valence-electron chi connectivity index (χ1n) is 5.86. The summed E-state index contributed by atoms with van der Waals surface area (Å²) in [5.41, 5.74) is 0. The molecule has 1 heterocycles. The summed E-state index contributed by atoms with van der Waals surface area (Å²) in [5.74, 6) is 1.75. The van der Waals surface area contributed by atoms with Crippen molar-refractivity contribution in [2.24, 2.45) is 0 Å². The minimum absolute atomic E-state index is 0.0756. The molecule has 0 aliphatic carbocycles. The van der Waals surface area contributed by atoms with E-state index in [-0.39, 0.29) is 12.5 Å². The van der Waals surface area contributed by atoms with E-state index < -0.39 is 0 Å². The van der Waals surface area contributed by atoms with Gasteiger partial charge in [-0.15, -0.1) is 0 Å². The molecule has 0 aliphatic heterocycles. The number of aliphatic hydroxyl groups excluding tert-OH is 1. The second kappa shape index (κ2) is 6.50. The van der Waals surface area contributed by atoms with Crippen LogP contribution in [0.3, 0.4) is 0 Å². The number of furan rings is 1. The standard InChI is InChI=1S/C14H15ClO4/c1-17-11-3-2-4-12(7-11)18-9-10(8-16)13-5-6-14(15)19-13/h2-7,10,16H,8-9H2,1H3. The molecule has 1 aromatic heterocycles. The third-order valence-electron chi connectivity index (χ3n) is 2.71. The van der Waals surface area contributed by atoms with E-state index in [2.05, 4.69) is 0 Å². The summed E-state index contributed by atoms with van der Waals surface area (Å²) in [5, 5.41) is 9.66. The summed E-state index contributed by atoms with van der Waals surface area (Å²) in [7, 11) is 1.60. The van der Waals surface area contributed by atoms with Crippen LogP contribution < -0.4 is 9.47 Å². The fourth-order valence-corrected chi connectivity index (χ4v) is 1.81. The number of hydrogen-bond acceptors (Lipinski definition) is 4. The van der Waals surface area contributed by atoms with Crippen molar-refractivity contribution in [2.75, 3.05) is 20.3 Å². The van der Waals surface area contributed by atoms with Crippen LogP contribution in [0.5, 0.6) is 11.5 Å². The van der Waals surface area contributed by atoms with Crippen LogP contribution in [-0.4, -0.2) is 25.4 Å². The van der Waals surface area contributed by atoms with Gasteiger partial charge in [0.1, 0.15) is 23.9 Å². The zero-order valence-corrected chi connectivity index (χ0v) is 11.3. The van der Waals surface area contributed by atoms with Gasteiger partial charge in [-0.1, -0.05) is 6.07 Å². The van der Waals surface area contributed by atoms with Gasteiger partial charge in [0.15, 0.2) is 5.22 Å². The average Bonchev–Trinajstić information content (AvgIpc) is 2.86. The van der Waals surface area contributed by atoms with Crippen LogP contribution in [0.1, 0.15) is 11.7 Å². The first-order valence-corrected chi connectivity index (χ1v) is 6.23. The zero-order chi connectivity index (χ0) is 13.7.